The maximum Gasteiger partial charge on any atom is 0.188 e. The van der Waals surface area contributed by atoms with Gasteiger partial charge in [-0.15, -0.1) is 11.3 Å². The quantitative estimate of drug-likeness (QED) is 0.531. The van der Waals surface area contributed by atoms with Gasteiger partial charge >= 0.3 is 0 Å². The van der Waals surface area contributed by atoms with Crippen molar-refractivity contribution in [1.29, 1.82) is 0 Å². The van der Waals surface area contributed by atoms with E-state index in [1.807, 2.05) is 19.1 Å². The number of rotatable bonds is 3. The molecule has 0 fully saturated rings. The first-order valence-corrected chi connectivity index (χ1v) is 7.19. The Hall–Kier alpha value is -1.35. The van der Waals surface area contributed by atoms with Crippen LogP contribution in [0.3, 0.4) is 0 Å². The molecule has 5 heteroatoms. The van der Waals surface area contributed by atoms with E-state index in [1.54, 1.807) is 29.3 Å². The van der Waals surface area contributed by atoms with Crippen molar-refractivity contribution in [1.82, 2.24) is 9.97 Å². The molecule has 0 aliphatic carbocycles. The molecule has 2 rings (SSSR count). The van der Waals surface area contributed by atoms with E-state index in [1.165, 1.54) is 4.88 Å². The van der Waals surface area contributed by atoms with Crippen molar-refractivity contribution in [3.63, 3.8) is 0 Å². The molecule has 3 nitrogen and oxygen atoms in total. The van der Waals surface area contributed by atoms with E-state index < -0.39 is 0 Å². The number of aliphatic hydroxyl groups is 1. The predicted molar refractivity (Wildman–Crippen MR) is 74.6 cm³/mol. The number of aliphatic hydroxyl groups excluding tert-OH is 1. The Morgan fingerprint density at radius 2 is 2.28 bits per heavy atom. The van der Waals surface area contributed by atoms with Crippen molar-refractivity contribution in [2.75, 3.05) is 6.61 Å². The summed E-state index contributed by atoms with van der Waals surface area (Å²) in [5, 5.41) is 9.42. The van der Waals surface area contributed by atoms with E-state index in [-0.39, 0.29) is 6.61 Å². The van der Waals surface area contributed by atoms with Gasteiger partial charge < -0.3 is 5.11 Å². The summed E-state index contributed by atoms with van der Waals surface area (Å²) in [6.45, 7) is 1.86. The highest BCUT2D eigenvalue weighted by molar-refractivity contribution is 7.98. The lowest BCUT2D eigenvalue weighted by atomic mass is 10.4. The minimum Gasteiger partial charge on any atom is -0.384 e. The third-order valence-corrected chi connectivity index (χ3v) is 4.16. The van der Waals surface area contributed by atoms with Gasteiger partial charge in [-0.3, -0.25) is 0 Å². The van der Waals surface area contributed by atoms with Gasteiger partial charge in [-0.25, -0.2) is 9.97 Å². The third-order valence-electron chi connectivity index (χ3n) is 2.07. The lowest BCUT2D eigenvalue weighted by Crippen LogP contribution is -1.88. The molecule has 1 N–H and O–H groups in total. The second-order valence-corrected chi connectivity index (χ2v) is 5.61. The SMILES string of the molecule is Cc1ccnc(SCc2ccc(C#CCO)s2)n1. The molecular weight excluding hydrogens is 264 g/mol. The van der Waals surface area contributed by atoms with Gasteiger partial charge in [0.1, 0.15) is 6.61 Å². The summed E-state index contributed by atoms with van der Waals surface area (Å²) in [6, 6.07) is 5.91. The van der Waals surface area contributed by atoms with Gasteiger partial charge in [0.05, 0.1) is 4.88 Å². The molecule has 0 atom stereocenters. The number of thiophene rings is 1. The Balaban J connectivity index is 1.96. The Labute approximate surface area is 114 Å². The first-order valence-electron chi connectivity index (χ1n) is 5.39. The Bertz CT molecular complexity index is 584. The molecule has 0 saturated heterocycles. The van der Waals surface area contributed by atoms with Crippen LogP contribution >= 0.6 is 23.1 Å². The van der Waals surface area contributed by atoms with Crippen molar-refractivity contribution in [3.05, 3.63) is 39.8 Å². The fourth-order valence-corrected chi connectivity index (χ4v) is 3.08. The summed E-state index contributed by atoms with van der Waals surface area (Å²) >= 11 is 3.25. The fraction of sp³-hybridized carbons (Fsp3) is 0.231. The van der Waals surface area contributed by atoms with E-state index in [2.05, 4.69) is 27.9 Å². The number of hydrogen-bond acceptors (Lipinski definition) is 5. The van der Waals surface area contributed by atoms with Crippen molar-refractivity contribution >= 4 is 23.1 Å². The number of aryl methyl sites for hydroxylation is 1. The fourth-order valence-electron chi connectivity index (χ4n) is 1.28. The maximum absolute atomic E-state index is 8.62. The Morgan fingerprint density at radius 1 is 1.39 bits per heavy atom. The van der Waals surface area contributed by atoms with Gasteiger partial charge in [0.2, 0.25) is 0 Å². The molecule has 2 aromatic heterocycles. The summed E-state index contributed by atoms with van der Waals surface area (Å²) in [5.41, 5.74) is 0.980. The molecule has 2 aromatic rings. The Morgan fingerprint density at radius 3 is 3.06 bits per heavy atom. The van der Waals surface area contributed by atoms with Gasteiger partial charge in [0.15, 0.2) is 5.16 Å². The zero-order valence-electron chi connectivity index (χ0n) is 9.88. The summed E-state index contributed by atoms with van der Waals surface area (Å²) in [5.74, 6) is 6.39. The van der Waals surface area contributed by atoms with Gasteiger partial charge in [-0.1, -0.05) is 23.6 Å². The van der Waals surface area contributed by atoms with Crippen LogP contribution < -0.4 is 0 Å². The third kappa shape index (κ3) is 3.84. The smallest absolute Gasteiger partial charge is 0.188 e. The average molecular weight is 276 g/mol. The minimum atomic E-state index is -0.0981. The van der Waals surface area contributed by atoms with E-state index >= 15 is 0 Å². The van der Waals surface area contributed by atoms with Crippen LogP contribution in [0.1, 0.15) is 15.4 Å². The zero-order valence-corrected chi connectivity index (χ0v) is 11.5. The molecule has 0 aliphatic rings. The van der Waals surface area contributed by atoms with E-state index in [0.29, 0.717) is 0 Å². The Kier molecular flexibility index (Phi) is 4.76. The molecule has 0 spiro atoms. The number of hydrogen-bond donors (Lipinski definition) is 1. The van der Waals surface area contributed by atoms with E-state index in [9.17, 15) is 0 Å². The monoisotopic (exact) mass is 276 g/mol. The first kappa shape index (κ1) is 13.1. The molecule has 18 heavy (non-hydrogen) atoms. The van der Waals surface area contributed by atoms with Crippen LogP contribution in [0, 0.1) is 18.8 Å². The van der Waals surface area contributed by atoms with Gasteiger partial charge in [-0.05, 0) is 25.1 Å². The first-order chi connectivity index (χ1) is 8.78. The highest BCUT2D eigenvalue weighted by Gasteiger charge is 2.02. The van der Waals surface area contributed by atoms with Crippen LogP contribution in [-0.4, -0.2) is 21.7 Å². The predicted octanol–water partition coefficient (Wildman–Crippen LogP) is 2.48. The summed E-state index contributed by atoms with van der Waals surface area (Å²) in [7, 11) is 0. The summed E-state index contributed by atoms with van der Waals surface area (Å²) in [6.07, 6.45) is 1.78. The van der Waals surface area contributed by atoms with Crippen molar-refractivity contribution < 1.29 is 5.11 Å². The second kappa shape index (κ2) is 6.55. The average Bonchev–Trinajstić information content (AvgIpc) is 2.82. The standard InChI is InChI=1S/C13H12N2OS2/c1-10-6-7-14-13(15-10)17-9-12-5-4-11(18-12)3-2-8-16/h4-7,16H,8-9H2,1H3. The van der Waals surface area contributed by atoms with Crippen LogP contribution in [0.15, 0.2) is 29.6 Å². The number of aromatic nitrogens is 2. The zero-order chi connectivity index (χ0) is 12.8. The molecule has 0 amide bonds. The summed E-state index contributed by atoms with van der Waals surface area (Å²) < 4.78 is 0. The van der Waals surface area contributed by atoms with Crippen LogP contribution in [0.2, 0.25) is 0 Å². The highest BCUT2D eigenvalue weighted by atomic mass is 32.2. The van der Waals surface area contributed by atoms with Crippen molar-refractivity contribution in [3.8, 4) is 11.8 Å². The van der Waals surface area contributed by atoms with Crippen molar-refractivity contribution in [2.24, 2.45) is 0 Å². The number of thioether (sulfide) groups is 1. The van der Waals surface area contributed by atoms with Gasteiger partial charge in [0.25, 0.3) is 0 Å². The molecule has 2 heterocycles. The van der Waals surface area contributed by atoms with Gasteiger partial charge in [-0.2, -0.15) is 0 Å². The molecule has 0 unspecified atom stereocenters. The van der Waals surface area contributed by atoms with Crippen molar-refractivity contribution in [2.45, 2.75) is 17.8 Å². The highest BCUT2D eigenvalue weighted by Crippen LogP contribution is 2.24. The van der Waals surface area contributed by atoms with Crippen LogP contribution in [0.25, 0.3) is 0 Å². The summed E-state index contributed by atoms with van der Waals surface area (Å²) in [4.78, 5) is 10.8. The van der Waals surface area contributed by atoms with Gasteiger partial charge in [0, 0.05) is 22.5 Å². The normalized spacial score (nSPS) is 9.89. The minimum absolute atomic E-state index is 0.0981. The molecule has 92 valence electrons. The van der Waals surface area contributed by atoms with E-state index in [0.717, 1.165) is 21.5 Å². The maximum atomic E-state index is 8.62. The molecule has 0 aliphatic heterocycles. The molecular formula is C13H12N2OS2. The largest absolute Gasteiger partial charge is 0.384 e. The van der Waals surface area contributed by atoms with Crippen LogP contribution in [0.5, 0.6) is 0 Å². The van der Waals surface area contributed by atoms with E-state index in [4.69, 9.17) is 5.11 Å². The van der Waals surface area contributed by atoms with Crippen LogP contribution in [0.4, 0.5) is 0 Å². The van der Waals surface area contributed by atoms with Crippen LogP contribution in [-0.2, 0) is 5.75 Å². The molecule has 0 bridgehead atoms. The molecule has 0 aromatic carbocycles. The topological polar surface area (TPSA) is 46.0 Å². The lowest BCUT2D eigenvalue weighted by molar-refractivity contribution is 0.350. The number of nitrogens with zero attached hydrogens (tertiary/aromatic N) is 2. The molecule has 0 radical (unpaired) electrons. The lowest BCUT2D eigenvalue weighted by Gasteiger charge is -1.98. The molecule has 0 saturated carbocycles. The second-order valence-electron chi connectivity index (χ2n) is 3.50.